The molecule has 2 amide bonds. The Morgan fingerprint density at radius 1 is 0.897 bits per heavy atom. The summed E-state index contributed by atoms with van der Waals surface area (Å²) >= 11 is 6.00. The summed E-state index contributed by atoms with van der Waals surface area (Å²) in [5, 5.41) is 3.71. The highest BCUT2D eigenvalue weighted by molar-refractivity contribution is 6.36. The zero-order chi connectivity index (χ0) is 20.4. The van der Waals surface area contributed by atoms with Gasteiger partial charge in [0.05, 0.1) is 12.1 Å². The van der Waals surface area contributed by atoms with Crippen molar-refractivity contribution in [1.82, 2.24) is 9.88 Å². The molecule has 144 valence electrons. The molecule has 29 heavy (non-hydrogen) atoms. The van der Waals surface area contributed by atoms with Gasteiger partial charge in [-0.1, -0.05) is 41.4 Å². The van der Waals surface area contributed by atoms with Crippen molar-refractivity contribution in [3.63, 3.8) is 0 Å². The molecule has 0 unspecified atom stereocenters. The predicted octanol–water partition coefficient (Wildman–Crippen LogP) is 4.44. The van der Waals surface area contributed by atoms with E-state index in [1.807, 2.05) is 31.2 Å². The summed E-state index contributed by atoms with van der Waals surface area (Å²) in [5.41, 5.74) is 3.91. The topological polar surface area (TPSA) is 62.3 Å². The normalized spacial score (nSPS) is 13.9. The molecule has 0 spiro atoms. The Labute approximate surface area is 173 Å². The van der Waals surface area contributed by atoms with Crippen LogP contribution in [0, 0.1) is 6.92 Å². The second kappa shape index (κ2) is 7.89. The number of pyridine rings is 1. The SMILES string of the molecule is Cc1ccc(NC2=C(c3ccc(Cl)cc3)C(=O)N(Cc3ccncc3)C2=O)cc1. The van der Waals surface area contributed by atoms with Crippen LogP contribution in [0.15, 0.2) is 78.8 Å². The fourth-order valence-corrected chi connectivity index (χ4v) is 3.30. The van der Waals surface area contributed by atoms with E-state index >= 15 is 0 Å². The van der Waals surface area contributed by atoms with Crippen LogP contribution in [0.5, 0.6) is 0 Å². The van der Waals surface area contributed by atoms with Gasteiger partial charge in [0.1, 0.15) is 5.70 Å². The molecule has 0 radical (unpaired) electrons. The first-order chi connectivity index (χ1) is 14.0. The molecule has 4 rings (SSSR count). The van der Waals surface area contributed by atoms with Gasteiger partial charge in [-0.3, -0.25) is 19.5 Å². The summed E-state index contributed by atoms with van der Waals surface area (Å²) in [4.78, 5) is 31.6. The molecule has 5 nitrogen and oxygen atoms in total. The molecular formula is C23H18ClN3O2. The number of nitrogens with zero attached hydrogens (tertiary/aromatic N) is 2. The molecule has 1 aliphatic rings. The van der Waals surface area contributed by atoms with E-state index in [2.05, 4.69) is 10.3 Å². The summed E-state index contributed by atoms with van der Waals surface area (Å²) in [6, 6.07) is 18.1. The maximum absolute atomic E-state index is 13.2. The lowest BCUT2D eigenvalue weighted by molar-refractivity contribution is -0.137. The van der Waals surface area contributed by atoms with Gasteiger partial charge in [0, 0.05) is 23.1 Å². The Morgan fingerprint density at radius 3 is 2.21 bits per heavy atom. The van der Waals surface area contributed by atoms with E-state index < -0.39 is 0 Å². The van der Waals surface area contributed by atoms with E-state index in [9.17, 15) is 9.59 Å². The standard InChI is InChI=1S/C23H18ClN3O2/c1-15-2-8-19(9-3-15)26-21-20(17-4-6-18(24)7-5-17)22(28)27(23(21)29)14-16-10-12-25-13-11-16/h2-13,26H,14H2,1H3. The number of nitrogens with one attached hydrogen (secondary N) is 1. The number of hydrogen-bond acceptors (Lipinski definition) is 4. The highest BCUT2D eigenvalue weighted by atomic mass is 35.5. The van der Waals surface area contributed by atoms with Crippen molar-refractivity contribution >= 4 is 34.7 Å². The lowest BCUT2D eigenvalue weighted by atomic mass is 10.0. The van der Waals surface area contributed by atoms with E-state index in [-0.39, 0.29) is 24.1 Å². The van der Waals surface area contributed by atoms with Crippen LogP contribution < -0.4 is 5.32 Å². The zero-order valence-corrected chi connectivity index (χ0v) is 16.5. The van der Waals surface area contributed by atoms with Gasteiger partial charge in [-0.2, -0.15) is 0 Å². The first-order valence-corrected chi connectivity index (χ1v) is 9.50. The molecule has 0 atom stereocenters. The maximum Gasteiger partial charge on any atom is 0.278 e. The number of rotatable bonds is 5. The lowest BCUT2D eigenvalue weighted by Gasteiger charge is -2.15. The van der Waals surface area contributed by atoms with Crippen LogP contribution in [0.1, 0.15) is 16.7 Å². The van der Waals surface area contributed by atoms with Gasteiger partial charge in [-0.25, -0.2) is 0 Å². The van der Waals surface area contributed by atoms with E-state index in [4.69, 9.17) is 11.6 Å². The Morgan fingerprint density at radius 2 is 1.55 bits per heavy atom. The number of anilines is 1. The molecule has 0 fully saturated rings. The van der Waals surface area contributed by atoms with Gasteiger partial charge in [0.15, 0.2) is 0 Å². The van der Waals surface area contributed by atoms with Gasteiger partial charge in [-0.15, -0.1) is 0 Å². The predicted molar refractivity (Wildman–Crippen MR) is 113 cm³/mol. The minimum absolute atomic E-state index is 0.177. The van der Waals surface area contributed by atoms with Crippen LogP contribution in [0.3, 0.4) is 0 Å². The summed E-state index contributed by atoms with van der Waals surface area (Å²) in [6.07, 6.45) is 3.28. The fourth-order valence-electron chi connectivity index (χ4n) is 3.17. The quantitative estimate of drug-likeness (QED) is 0.640. The molecule has 0 bridgehead atoms. The molecule has 3 aromatic rings. The third-order valence-electron chi connectivity index (χ3n) is 4.71. The van der Waals surface area contributed by atoms with Crippen molar-refractivity contribution in [2.24, 2.45) is 0 Å². The highest BCUT2D eigenvalue weighted by Crippen LogP contribution is 2.32. The monoisotopic (exact) mass is 403 g/mol. The van der Waals surface area contributed by atoms with E-state index in [1.54, 1.807) is 48.8 Å². The van der Waals surface area contributed by atoms with E-state index in [0.717, 1.165) is 16.8 Å². The third-order valence-corrected chi connectivity index (χ3v) is 4.96. The van der Waals surface area contributed by atoms with Gasteiger partial charge in [0.2, 0.25) is 0 Å². The summed E-state index contributed by atoms with van der Waals surface area (Å²) in [6.45, 7) is 2.17. The zero-order valence-electron chi connectivity index (χ0n) is 15.7. The number of imide groups is 1. The molecule has 0 saturated carbocycles. The number of aromatic nitrogens is 1. The molecule has 0 aliphatic carbocycles. The number of aryl methyl sites for hydroxylation is 1. The summed E-state index contributed by atoms with van der Waals surface area (Å²) < 4.78 is 0. The van der Waals surface area contributed by atoms with Crippen LogP contribution in [-0.4, -0.2) is 21.7 Å². The average Bonchev–Trinajstić information content (AvgIpc) is 2.95. The molecule has 2 heterocycles. The highest BCUT2D eigenvalue weighted by Gasteiger charge is 2.39. The molecule has 2 aromatic carbocycles. The van der Waals surface area contributed by atoms with Crippen molar-refractivity contribution in [2.45, 2.75) is 13.5 Å². The number of amides is 2. The number of halogens is 1. The Bertz CT molecular complexity index is 1090. The largest absolute Gasteiger partial charge is 0.350 e. The van der Waals surface area contributed by atoms with Crippen LogP contribution in [0.2, 0.25) is 5.02 Å². The Hall–Kier alpha value is -3.44. The van der Waals surface area contributed by atoms with Crippen molar-refractivity contribution in [3.8, 4) is 0 Å². The number of hydrogen-bond donors (Lipinski definition) is 1. The van der Waals surface area contributed by atoms with Gasteiger partial charge in [-0.05, 0) is 54.4 Å². The van der Waals surface area contributed by atoms with Crippen LogP contribution in [0.4, 0.5) is 5.69 Å². The van der Waals surface area contributed by atoms with Gasteiger partial charge >= 0.3 is 0 Å². The molecule has 6 heteroatoms. The minimum atomic E-state index is -0.364. The summed E-state index contributed by atoms with van der Waals surface area (Å²) in [7, 11) is 0. The Kier molecular flexibility index (Phi) is 5.14. The van der Waals surface area contributed by atoms with Crippen molar-refractivity contribution in [3.05, 3.63) is 100 Å². The van der Waals surface area contributed by atoms with Crippen molar-refractivity contribution in [2.75, 3.05) is 5.32 Å². The number of carbonyl (C=O) groups is 2. The Balaban J connectivity index is 1.74. The maximum atomic E-state index is 13.2. The smallest absolute Gasteiger partial charge is 0.278 e. The lowest BCUT2D eigenvalue weighted by Crippen LogP contribution is -2.32. The van der Waals surface area contributed by atoms with Gasteiger partial charge in [0.25, 0.3) is 11.8 Å². The van der Waals surface area contributed by atoms with Crippen LogP contribution >= 0.6 is 11.6 Å². The van der Waals surface area contributed by atoms with E-state index in [1.165, 1.54) is 4.90 Å². The van der Waals surface area contributed by atoms with Crippen molar-refractivity contribution < 1.29 is 9.59 Å². The average molecular weight is 404 g/mol. The first kappa shape index (κ1) is 18.9. The third kappa shape index (κ3) is 3.91. The fraction of sp³-hybridized carbons (Fsp3) is 0.0870. The molecule has 1 N–H and O–H groups in total. The van der Waals surface area contributed by atoms with Gasteiger partial charge < -0.3 is 5.32 Å². The second-order valence-electron chi connectivity index (χ2n) is 6.80. The molecule has 1 aliphatic heterocycles. The van der Waals surface area contributed by atoms with E-state index in [0.29, 0.717) is 16.2 Å². The number of benzene rings is 2. The molecular weight excluding hydrogens is 386 g/mol. The molecule has 1 aromatic heterocycles. The van der Waals surface area contributed by atoms with Crippen LogP contribution in [0.25, 0.3) is 5.57 Å². The molecule has 0 saturated heterocycles. The minimum Gasteiger partial charge on any atom is -0.350 e. The summed E-state index contributed by atoms with van der Waals surface area (Å²) in [5.74, 6) is -0.707. The van der Waals surface area contributed by atoms with Crippen LogP contribution in [-0.2, 0) is 16.1 Å². The van der Waals surface area contributed by atoms with Crippen molar-refractivity contribution in [1.29, 1.82) is 0 Å². The number of carbonyl (C=O) groups excluding carboxylic acids is 2. The first-order valence-electron chi connectivity index (χ1n) is 9.12. The second-order valence-corrected chi connectivity index (χ2v) is 7.24.